The summed E-state index contributed by atoms with van der Waals surface area (Å²) in [6.45, 7) is 0.491. The Morgan fingerprint density at radius 1 is 1.06 bits per heavy atom. The number of halogens is 1. The zero-order valence-electron chi connectivity index (χ0n) is 17.6. The number of imidazole rings is 1. The van der Waals surface area contributed by atoms with Crippen LogP contribution in [0.3, 0.4) is 0 Å². The largest absolute Gasteiger partial charge is 0.447 e. The second-order valence-corrected chi connectivity index (χ2v) is 7.36. The van der Waals surface area contributed by atoms with Gasteiger partial charge in [-0.3, -0.25) is 5.32 Å². The van der Waals surface area contributed by atoms with Crippen molar-refractivity contribution >= 4 is 40.2 Å². The number of carbonyl (C=O) groups excluding carboxylic acids is 1. The number of carbonyl (C=O) groups is 1. The van der Waals surface area contributed by atoms with Crippen LogP contribution < -0.4 is 10.6 Å². The van der Waals surface area contributed by atoms with Crippen molar-refractivity contribution in [2.24, 2.45) is 0 Å². The fraction of sp³-hybridized carbons (Fsp3) is 0.174. The molecular weight excluding hydrogens is 430 g/mol. The van der Waals surface area contributed by atoms with Gasteiger partial charge in [0.15, 0.2) is 5.65 Å². The van der Waals surface area contributed by atoms with E-state index < -0.39 is 6.09 Å². The number of anilines is 2. The second-order valence-electron chi connectivity index (χ2n) is 6.96. The van der Waals surface area contributed by atoms with E-state index in [-0.39, 0.29) is 6.61 Å². The number of H-pyrrole nitrogens is 1. The number of fused-ring (bicyclic) bond motifs is 1. The maximum Gasteiger partial charge on any atom is 0.411 e. The Balaban J connectivity index is 1.59. The normalized spacial score (nSPS) is 10.8. The average molecular weight is 452 g/mol. The lowest BCUT2D eigenvalue weighted by atomic mass is 10.1. The van der Waals surface area contributed by atoms with Gasteiger partial charge in [-0.1, -0.05) is 23.7 Å². The first-order valence-electron chi connectivity index (χ1n) is 9.94. The third-order valence-electron chi connectivity index (χ3n) is 4.83. The van der Waals surface area contributed by atoms with Gasteiger partial charge in [-0.2, -0.15) is 0 Å². The Morgan fingerprint density at radius 2 is 1.84 bits per heavy atom. The van der Waals surface area contributed by atoms with Crippen LogP contribution in [-0.4, -0.2) is 48.4 Å². The minimum atomic E-state index is -0.574. The van der Waals surface area contributed by atoms with Gasteiger partial charge in [0, 0.05) is 42.9 Å². The summed E-state index contributed by atoms with van der Waals surface area (Å²) >= 11 is 6.41. The van der Waals surface area contributed by atoms with Crippen LogP contribution in [0.15, 0.2) is 54.7 Å². The number of amides is 1. The number of hydrogen-bond donors (Lipinski definition) is 3. The highest BCUT2D eigenvalue weighted by molar-refractivity contribution is 6.33. The molecule has 0 aliphatic heterocycles. The molecule has 9 heteroatoms. The van der Waals surface area contributed by atoms with E-state index in [1.54, 1.807) is 24.4 Å². The van der Waals surface area contributed by atoms with Crippen LogP contribution in [-0.2, 0) is 9.47 Å². The number of benzene rings is 2. The van der Waals surface area contributed by atoms with E-state index >= 15 is 0 Å². The van der Waals surface area contributed by atoms with Gasteiger partial charge in [0.1, 0.15) is 12.4 Å². The Kier molecular flexibility index (Phi) is 6.53. The number of aromatic nitrogens is 3. The van der Waals surface area contributed by atoms with Crippen molar-refractivity contribution in [3.8, 4) is 22.5 Å². The van der Waals surface area contributed by atoms with E-state index in [0.29, 0.717) is 34.4 Å². The number of pyridine rings is 1. The van der Waals surface area contributed by atoms with Crippen molar-refractivity contribution in [1.82, 2.24) is 15.0 Å². The Hall–Kier alpha value is -3.62. The number of nitrogens with one attached hydrogen (secondary N) is 3. The predicted octanol–water partition coefficient (Wildman–Crippen LogP) is 5.18. The van der Waals surface area contributed by atoms with E-state index in [0.717, 1.165) is 22.3 Å². The molecule has 2 aromatic carbocycles. The molecule has 2 heterocycles. The van der Waals surface area contributed by atoms with Gasteiger partial charge in [0.05, 0.1) is 17.1 Å². The molecule has 0 spiro atoms. The van der Waals surface area contributed by atoms with Crippen molar-refractivity contribution in [1.29, 1.82) is 0 Å². The number of aromatic amines is 1. The van der Waals surface area contributed by atoms with Gasteiger partial charge in [-0.15, -0.1) is 0 Å². The van der Waals surface area contributed by atoms with Gasteiger partial charge in [-0.25, -0.2) is 14.8 Å². The molecule has 32 heavy (non-hydrogen) atoms. The third-order valence-corrected chi connectivity index (χ3v) is 5.16. The summed E-state index contributed by atoms with van der Waals surface area (Å²) in [5, 5.41) is 6.27. The molecule has 0 aliphatic carbocycles. The molecule has 4 aromatic rings. The fourth-order valence-corrected chi connectivity index (χ4v) is 3.38. The highest BCUT2D eigenvalue weighted by Crippen LogP contribution is 2.31. The molecule has 0 saturated carbocycles. The van der Waals surface area contributed by atoms with Crippen LogP contribution in [0.2, 0.25) is 5.02 Å². The summed E-state index contributed by atoms with van der Waals surface area (Å²) in [4.78, 5) is 24.2. The quantitative estimate of drug-likeness (QED) is 0.334. The van der Waals surface area contributed by atoms with Crippen molar-refractivity contribution in [2.45, 2.75) is 0 Å². The number of nitrogens with zero attached hydrogens (tertiary/aromatic N) is 2. The van der Waals surface area contributed by atoms with E-state index in [9.17, 15) is 4.79 Å². The van der Waals surface area contributed by atoms with E-state index in [1.165, 1.54) is 7.11 Å². The van der Waals surface area contributed by atoms with Crippen LogP contribution >= 0.6 is 11.6 Å². The molecule has 0 radical (unpaired) electrons. The van der Waals surface area contributed by atoms with Gasteiger partial charge in [0.25, 0.3) is 0 Å². The van der Waals surface area contributed by atoms with Gasteiger partial charge < -0.3 is 19.8 Å². The zero-order valence-corrected chi connectivity index (χ0v) is 18.4. The van der Waals surface area contributed by atoms with E-state index in [2.05, 4.69) is 25.6 Å². The van der Waals surface area contributed by atoms with Crippen molar-refractivity contribution in [3.05, 3.63) is 59.8 Å². The van der Waals surface area contributed by atoms with Crippen LogP contribution in [0.4, 0.5) is 16.2 Å². The van der Waals surface area contributed by atoms with Crippen molar-refractivity contribution in [2.75, 3.05) is 38.0 Å². The summed E-state index contributed by atoms with van der Waals surface area (Å²) in [5.74, 6) is 0.552. The van der Waals surface area contributed by atoms with Crippen LogP contribution in [0.5, 0.6) is 0 Å². The molecule has 1 amide bonds. The maximum absolute atomic E-state index is 11.9. The van der Waals surface area contributed by atoms with Crippen LogP contribution in [0.1, 0.15) is 0 Å². The third kappa shape index (κ3) is 4.82. The van der Waals surface area contributed by atoms with Crippen LogP contribution in [0.25, 0.3) is 33.7 Å². The number of hydrogen-bond acceptors (Lipinski definition) is 6. The monoisotopic (exact) mass is 451 g/mol. The fourth-order valence-electron chi connectivity index (χ4n) is 3.17. The SMILES string of the molecule is CNc1ccc(-c2cnc3nc(-c4cc(NC(=O)OCCOC)ccc4Cl)[nH]c3c2)cc1. The molecule has 0 atom stereocenters. The summed E-state index contributed by atoms with van der Waals surface area (Å²) in [6.07, 6.45) is 1.22. The minimum Gasteiger partial charge on any atom is -0.447 e. The first-order valence-corrected chi connectivity index (χ1v) is 10.3. The molecule has 8 nitrogen and oxygen atoms in total. The molecule has 0 fully saturated rings. The molecule has 2 aromatic heterocycles. The Morgan fingerprint density at radius 3 is 2.59 bits per heavy atom. The van der Waals surface area contributed by atoms with Crippen molar-refractivity contribution < 1.29 is 14.3 Å². The van der Waals surface area contributed by atoms with Gasteiger partial charge in [0.2, 0.25) is 0 Å². The molecule has 164 valence electrons. The smallest absolute Gasteiger partial charge is 0.411 e. The summed E-state index contributed by atoms with van der Waals surface area (Å²) in [7, 11) is 3.42. The van der Waals surface area contributed by atoms with Gasteiger partial charge in [-0.05, 0) is 42.0 Å². The molecule has 0 saturated heterocycles. The maximum atomic E-state index is 11.9. The summed E-state index contributed by atoms with van der Waals surface area (Å²) < 4.78 is 9.90. The summed E-state index contributed by atoms with van der Waals surface area (Å²) in [6, 6.07) is 15.2. The van der Waals surface area contributed by atoms with Crippen LogP contribution in [0, 0.1) is 0 Å². The predicted molar refractivity (Wildman–Crippen MR) is 126 cm³/mol. The molecule has 0 unspecified atom stereocenters. The molecule has 4 rings (SSSR count). The lowest BCUT2D eigenvalue weighted by molar-refractivity contribution is 0.107. The number of rotatable bonds is 7. The minimum absolute atomic E-state index is 0.165. The Labute approximate surface area is 189 Å². The average Bonchev–Trinajstić information content (AvgIpc) is 3.24. The lowest BCUT2D eigenvalue weighted by Crippen LogP contribution is -2.16. The van der Waals surface area contributed by atoms with E-state index in [1.807, 2.05) is 37.4 Å². The molecule has 0 aliphatic rings. The highest BCUT2D eigenvalue weighted by Gasteiger charge is 2.13. The zero-order chi connectivity index (χ0) is 22.5. The highest BCUT2D eigenvalue weighted by atomic mass is 35.5. The first kappa shape index (κ1) is 21.6. The standard InChI is InChI=1S/C23H22ClN5O3/c1-25-16-5-3-14(4-6-16)15-11-20-22(26-13-15)29-21(28-20)18-12-17(7-8-19(18)24)27-23(30)32-10-9-31-2/h3-8,11-13,25H,9-10H2,1-2H3,(H,27,30)(H,26,28,29). The molecular formula is C23H22ClN5O3. The van der Waals surface area contributed by atoms with E-state index in [4.69, 9.17) is 21.1 Å². The van der Waals surface area contributed by atoms with Crippen molar-refractivity contribution in [3.63, 3.8) is 0 Å². The molecule has 3 N–H and O–H groups in total. The number of methoxy groups -OCH3 is 1. The lowest BCUT2D eigenvalue weighted by Gasteiger charge is -2.08. The topological polar surface area (TPSA) is 101 Å². The molecule has 0 bridgehead atoms. The first-order chi connectivity index (χ1) is 15.6. The number of ether oxygens (including phenoxy) is 2. The summed E-state index contributed by atoms with van der Waals surface area (Å²) in [5.41, 5.74) is 5.58. The van der Waals surface area contributed by atoms with Gasteiger partial charge >= 0.3 is 6.09 Å². The Bertz CT molecular complexity index is 1240. The second kappa shape index (κ2) is 9.67.